The van der Waals surface area contributed by atoms with Crippen molar-refractivity contribution in [3.05, 3.63) is 98.4 Å². The number of nitrogens with zero attached hydrogens (tertiary/aromatic N) is 3. The van der Waals surface area contributed by atoms with Crippen LogP contribution in [-0.4, -0.2) is 23.8 Å². The number of aromatic nitrogens is 1. The Morgan fingerprint density at radius 3 is 2.67 bits per heavy atom. The summed E-state index contributed by atoms with van der Waals surface area (Å²) in [6, 6.07) is 17.6. The van der Waals surface area contributed by atoms with Crippen molar-refractivity contribution in [3.63, 3.8) is 0 Å². The average molecular weight is 514 g/mol. The summed E-state index contributed by atoms with van der Waals surface area (Å²) in [4.78, 5) is 49.9. The van der Waals surface area contributed by atoms with Crippen LogP contribution in [0.4, 0.5) is 10.8 Å². The number of halogens is 1. The van der Waals surface area contributed by atoms with Crippen LogP contribution in [0.5, 0.6) is 0 Å². The number of carbonyl (C=O) groups is 2. The number of hydrogen-bond donors (Lipinski definition) is 0. The van der Waals surface area contributed by atoms with Crippen molar-refractivity contribution in [3.8, 4) is 0 Å². The van der Waals surface area contributed by atoms with Crippen molar-refractivity contribution in [1.82, 2.24) is 4.98 Å². The van der Waals surface area contributed by atoms with Crippen LogP contribution in [0.15, 0.2) is 69.9 Å². The smallest absolute Gasteiger partial charge is 0.297 e. The molecule has 1 atom stereocenters. The van der Waals surface area contributed by atoms with Gasteiger partial charge in [0.25, 0.3) is 11.8 Å². The molecule has 2 amide bonds. The quantitative estimate of drug-likeness (QED) is 0.306. The molecule has 176 valence electrons. The number of likely N-dealkylation sites (N-methyl/N-ethyl adjacent to an activating group) is 1. The van der Waals surface area contributed by atoms with Crippen LogP contribution >= 0.6 is 22.9 Å². The lowest BCUT2D eigenvalue weighted by Gasteiger charge is -2.31. The Morgan fingerprint density at radius 1 is 1.03 bits per heavy atom. The molecule has 0 fully saturated rings. The Bertz CT molecular complexity index is 1880. The highest BCUT2D eigenvalue weighted by Gasteiger charge is 2.65. The predicted molar refractivity (Wildman–Crippen MR) is 139 cm³/mol. The molecule has 0 bridgehead atoms. The molecule has 0 aliphatic carbocycles. The number of carbonyl (C=O) groups excluding carboxylic acids is 2. The molecule has 7 rings (SSSR count). The van der Waals surface area contributed by atoms with Crippen LogP contribution in [0, 0.1) is 6.92 Å². The Balaban J connectivity index is 1.64. The summed E-state index contributed by atoms with van der Waals surface area (Å²) in [6.07, 6.45) is 0. The molecule has 0 saturated carbocycles. The molecular formula is C27H16ClN3O4S. The van der Waals surface area contributed by atoms with E-state index in [1.165, 1.54) is 27.2 Å². The highest BCUT2D eigenvalue weighted by atomic mass is 35.5. The lowest BCUT2D eigenvalue weighted by Crippen LogP contribution is -2.53. The maximum absolute atomic E-state index is 14.2. The normalized spacial score (nSPS) is 18.6. The number of fused-ring (bicyclic) bond motifs is 6. The Kier molecular flexibility index (Phi) is 4.15. The fraction of sp³-hybridized carbons (Fsp3) is 0.111. The van der Waals surface area contributed by atoms with E-state index in [1.54, 1.807) is 37.4 Å². The van der Waals surface area contributed by atoms with Crippen LogP contribution in [0.25, 0.3) is 21.2 Å². The van der Waals surface area contributed by atoms with E-state index in [-0.39, 0.29) is 22.3 Å². The molecule has 0 N–H and O–H groups in total. The first-order valence-corrected chi connectivity index (χ1v) is 12.4. The maximum atomic E-state index is 14.2. The molecule has 0 saturated heterocycles. The summed E-state index contributed by atoms with van der Waals surface area (Å²) in [6.45, 7) is 1.97. The minimum atomic E-state index is -1.75. The van der Waals surface area contributed by atoms with Gasteiger partial charge in [0.1, 0.15) is 5.58 Å². The molecule has 0 radical (unpaired) electrons. The van der Waals surface area contributed by atoms with Crippen molar-refractivity contribution in [2.45, 2.75) is 12.5 Å². The van der Waals surface area contributed by atoms with Gasteiger partial charge in [0.15, 0.2) is 16.1 Å². The van der Waals surface area contributed by atoms with Crippen LogP contribution in [0.3, 0.4) is 0 Å². The Hall–Kier alpha value is -4.01. The van der Waals surface area contributed by atoms with E-state index in [0.717, 1.165) is 10.3 Å². The largest absolute Gasteiger partial charge is 0.450 e. The number of benzene rings is 3. The zero-order chi connectivity index (χ0) is 24.9. The Morgan fingerprint density at radius 2 is 1.83 bits per heavy atom. The molecule has 1 unspecified atom stereocenters. The zero-order valence-electron chi connectivity index (χ0n) is 19.0. The van der Waals surface area contributed by atoms with Gasteiger partial charge in [0.2, 0.25) is 5.76 Å². The second-order valence-electron chi connectivity index (χ2n) is 8.98. The van der Waals surface area contributed by atoms with Crippen LogP contribution < -0.4 is 15.2 Å². The SMILES string of the molecule is Cc1ccc2nc(N3C(=O)c4oc5ccc(Cl)cc5c(=O)c4C34C(=O)N(C)c3ccccc34)sc2c1. The first-order valence-electron chi connectivity index (χ1n) is 11.2. The standard InChI is InChI=1S/C27H16ClN3O4S/c1-13-7-9-17-20(11-13)36-26(29-17)31-24(33)23-21(22(32)15-12-14(28)8-10-19(15)35-23)27(31)16-5-3-4-6-18(16)30(2)25(27)34/h3-12H,1-2H3. The van der Waals surface area contributed by atoms with Crippen LogP contribution in [0.2, 0.25) is 5.02 Å². The van der Waals surface area contributed by atoms with Gasteiger partial charge in [-0.3, -0.25) is 19.3 Å². The molecule has 5 aromatic rings. The molecule has 3 aromatic carbocycles. The van der Waals surface area contributed by atoms with Crippen molar-refractivity contribution >= 4 is 66.8 Å². The monoisotopic (exact) mass is 513 g/mol. The molecule has 9 heteroatoms. The van der Waals surface area contributed by atoms with E-state index in [9.17, 15) is 14.4 Å². The predicted octanol–water partition coefficient (Wildman–Crippen LogP) is 5.24. The lowest BCUT2D eigenvalue weighted by molar-refractivity contribution is -0.121. The second-order valence-corrected chi connectivity index (χ2v) is 10.4. The lowest BCUT2D eigenvalue weighted by atomic mass is 9.84. The van der Waals surface area contributed by atoms with Gasteiger partial charge in [-0.2, -0.15) is 0 Å². The molecule has 36 heavy (non-hydrogen) atoms. The number of thiazole rings is 1. The van der Waals surface area contributed by atoms with E-state index < -0.39 is 22.8 Å². The summed E-state index contributed by atoms with van der Waals surface area (Å²) in [5.41, 5.74) is 0.857. The average Bonchev–Trinajstić information content (AvgIpc) is 3.46. The molecular weight excluding hydrogens is 498 g/mol. The maximum Gasteiger partial charge on any atom is 0.297 e. The third-order valence-corrected chi connectivity index (χ3v) is 8.18. The third-order valence-electron chi connectivity index (χ3n) is 6.94. The molecule has 2 aliphatic rings. The highest BCUT2D eigenvalue weighted by Crippen LogP contribution is 2.54. The van der Waals surface area contributed by atoms with Crippen LogP contribution in [0.1, 0.15) is 27.2 Å². The van der Waals surface area contributed by atoms with Gasteiger partial charge in [-0.1, -0.05) is 47.2 Å². The van der Waals surface area contributed by atoms with E-state index in [2.05, 4.69) is 0 Å². The van der Waals surface area contributed by atoms with E-state index >= 15 is 0 Å². The second kappa shape index (κ2) is 7.02. The van der Waals surface area contributed by atoms with Gasteiger partial charge in [-0.05, 0) is 48.9 Å². The van der Waals surface area contributed by atoms with E-state index in [0.29, 0.717) is 26.9 Å². The molecule has 4 heterocycles. The van der Waals surface area contributed by atoms with E-state index in [1.807, 2.05) is 31.2 Å². The number of anilines is 2. The number of amides is 2. The van der Waals surface area contributed by atoms with Gasteiger partial charge in [0, 0.05) is 23.3 Å². The summed E-state index contributed by atoms with van der Waals surface area (Å²) >= 11 is 7.49. The van der Waals surface area contributed by atoms with Crippen molar-refractivity contribution in [2.24, 2.45) is 0 Å². The summed E-state index contributed by atoms with van der Waals surface area (Å²) in [7, 11) is 1.64. The number of para-hydroxylation sites is 1. The number of rotatable bonds is 1. The number of hydrogen-bond acceptors (Lipinski definition) is 6. The minimum Gasteiger partial charge on any atom is -0.450 e. The minimum absolute atomic E-state index is 0.0143. The van der Waals surface area contributed by atoms with Crippen molar-refractivity contribution in [1.29, 1.82) is 0 Å². The molecule has 2 aromatic heterocycles. The summed E-state index contributed by atoms with van der Waals surface area (Å²) in [5, 5.41) is 0.865. The third kappa shape index (κ3) is 2.47. The van der Waals surface area contributed by atoms with Crippen molar-refractivity contribution in [2.75, 3.05) is 16.8 Å². The fourth-order valence-electron chi connectivity index (χ4n) is 5.36. The van der Waals surface area contributed by atoms with Gasteiger partial charge in [0.05, 0.1) is 21.2 Å². The highest BCUT2D eigenvalue weighted by molar-refractivity contribution is 7.22. The van der Waals surface area contributed by atoms with Crippen LogP contribution in [-0.2, 0) is 10.3 Å². The topological polar surface area (TPSA) is 83.7 Å². The summed E-state index contributed by atoms with van der Waals surface area (Å²) < 4.78 is 6.91. The molecule has 2 aliphatic heterocycles. The number of aryl methyl sites for hydroxylation is 1. The molecule has 7 nitrogen and oxygen atoms in total. The van der Waals surface area contributed by atoms with Gasteiger partial charge >= 0.3 is 0 Å². The van der Waals surface area contributed by atoms with E-state index in [4.69, 9.17) is 21.0 Å². The summed E-state index contributed by atoms with van der Waals surface area (Å²) in [5.74, 6) is -1.18. The van der Waals surface area contributed by atoms with Gasteiger partial charge < -0.3 is 9.32 Å². The Labute approximate surface area is 213 Å². The zero-order valence-corrected chi connectivity index (χ0v) is 20.6. The fourth-order valence-corrected chi connectivity index (χ4v) is 6.64. The first kappa shape index (κ1) is 21.3. The first-order chi connectivity index (χ1) is 17.3. The molecule has 1 spiro atoms. The van der Waals surface area contributed by atoms with Crippen molar-refractivity contribution < 1.29 is 14.0 Å². The van der Waals surface area contributed by atoms with Gasteiger partial charge in [-0.25, -0.2) is 4.98 Å². The van der Waals surface area contributed by atoms with Gasteiger partial charge in [-0.15, -0.1) is 0 Å².